The Morgan fingerprint density at radius 1 is 1.06 bits per heavy atom. The van der Waals surface area contributed by atoms with Gasteiger partial charge < -0.3 is 25.2 Å². The fraction of sp³-hybridized carbons (Fsp3) is 0.400. The molecule has 9 nitrogen and oxygen atoms in total. The van der Waals surface area contributed by atoms with Crippen molar-refractivity contribution in [2.45, 2.75) is 12.5 Å². The van der Waals surface area contributed by atoms with Gasteiger partial charge in [0.25, 0.3) is 0 Å². The van der Waals surface area contributed by atoms with Crippen molar-refractivity contribution in [3.05, 3.63) is 52.5 Å². The first-order valence-corrected chi connectivity index (χ1v) is 12.5. The number of carbonyl (C=O) groups excluding carboxylic acids is 3. The first-order valence-electron chi connectivity index (χ1n) is 11.8. The standard InChI is InChI=1S/C25H29Cl2N5O4/c1-36-21-4-2-3-20(14-21)31-9-7-30(8-10-31)16-24(34)32-6-5-28-25(35)22(32)15-23(33)29-19-12-17(26)11-18(27)13-19/h2-4,11-14,22H,5-10,15-16H2,1H3,(H,28,35)(H,29,33)/t22-/m1/s1. The largest absolute Gasteiger partial charge is 0.497 e. The third-order valence-electron chi connectivity index (χ3n) is 6.33. The topological polar surface area (TPSA) is 94.2 Å². The number of nitrogens with one attached hydrogen (secondary N) is 2. The van der Waals surface area contributed by atoms with Crippen LogP contribution in [0.5, 0.6) is 5.75 Å². The van der Waals surface area contributed by atoms with Crippen LogP contribution in [0.15, 0.2) is 42.5 Å². The molecule has 4 rings (SSSR count). The quantitative estimate of drug-likeness (QED) is 0.567. The lowest BCUT2D eigenvalue weighted by molar-refractivity contribution is -0.145. The van der Waals surface area contributed by atoms with Crippen molar-refractivity contribution in [2.75, 3.05) is 63.1 Å². The van der Waals surface area contributed by atoms with E-state index in [-0.39, 0.29) is 24.8 Å². The van der Waals surface area contributed by atoms with Crippen LogP contribution in [0.25, 0.3) is 0 Å². The highest BCUT2D eigenvalue weighted by Crippen LogP contribution is 2.24. The molecule has 2 saturated heterocycles. The highest BCUT2D eigenvalue weighted by atomic mass is 35.5. The summed E-state index contributed by atoms with van der Waals surface area (Å²) in [7, 11) is 1.65. The molecule has 2 heterocycles. The number of halogens is 2. The monoisotopic (exact) mass is 533 g/mol. The van der Waals surface area contributed by atoms with Gasteiger partial charge in [-0.05, 0) is 30.3 Å². The first kappa shape index (κ1) is 26.1. The van der Waals surface area contributed by atoms with Gasteiger partial charge in [-0.2, -0.15) is 0 Å². The number of methoxy groups -OCH3 is 1. The van der Waals surface area contributed by atoms with Crippen LogP contribution in [0.3, 0.4) is 0 Å². The van der Waals surface area contributed by atoms with E-state index >= 15 is 0 Å². The summed E-state index contributed by atoms with van der Waals surface area (Å²) in [5, 5.41) is 6.24. The molecule has 0 radical (unpaired) electrons. The van der Waals surface area contributed by atoms with E-state index < -0.39 is 11.9 Å². The van der Waals surface area contributed by atoms with Gasteiger partial charge in [0, 0.05) is 66.8 Å². The normalized spacial score (nSPS) is 18.5. The Balaban J connectivity index is 1.33. The van der Waals surface area contributed by atoms with Gasteiger partial charge in [-0.3, -0.25) is 19.3 Å². The molecule has 192 valence electrons. The molecule has 2 fully saturated rings. The third kappa shape index (κ3) is 6.60. The van der Waals surface area contributed by atoms with E-state index in [1.165, 1.54) is 4.90 Å². The van der Waals surface area contributed by atoms with Gasteiger partial charge in [0.05, 0.1) is 20.1 Å². The number of amides is 3. The van der Waals surface area contributed by atoms with E-state index in [4.69, 9.17) is 27.9 Å². The molecule has 2 aromatic carbocycles. The molecule has 2 N–H and O–H groups in total. The summed E-state index contributed by atoms with van der Waals surface area (Å²) in [5.74, 6) is -0.0953. The highest BCUT2D eigenvalue weighted by molar-refractivity contribution is 6.35. The minimum atomic E-state index is -0.876. The van der Waals surface area contributed by atoms with Gasteiger partial charge >= 0.3 is 0 Å². The molecule has 1 atom stereocenters. The number of hydrogen-bond acceptors (Lipinski definition) is 6. The molecule has 36 heavy (non-hydrogen) atoms. The van der Waals surface area contributed by atoms with E-state index in [0.717, 1.165) is 24.5 Å². The summed E-state index contributed by atoms with van der Waals surface area (Å²) in [6.45, 7) is 3.88. The molecule has 3 amide bonds. The third-order valence-corrected chi connectivity index (χ3v) is 6.76. The summed E-state index contributed by atoms with van der Waals surface area (Å²) in [4.78, 5) is 44.3. The lowest BCUT2D eigenvalue weighted by Gasteiger charge is -2.39. The Bertz CT molecular complexity index is 1100. The minimum absolute atomic E-state index is 0.161. The lowest BCUT2D eigenvalue weighted by Crippen LogP contribution is -2.60. The summed E-state index contributed by atoms with van der Waals surface area (Å²) in [6, 6.07) is 11.7. The highest BCUT2D eigenvalue weighted by Gasteiger charge is 2.35. The van der Waals surface area contributed by atoms with E-state index in [1.54, 1.807) is 25.3 Å². The number of benzene rings is 2. The van der Waals surface area contributed by atoms with Crippen molar-refractivity contribution in [3.63, 3.8) is 0 Å². The van der Waals surface area contributed by atoms with Gasteiger partial charge in [-0.25, -0.2) is 0 Å². The van der Waals surface area contributed by atoms with Crippen molar-refractivity contribution in [3.8, 4) is 5.75 Å². The maximum absolute atomic E-state index is 13.2. The van der Waals surface area contributed by atoms with Crippen LogP contribution in [-0.2, 0) is 14.4 Å². The SMILES string of the molecule is COc1cccc(N2CCN(CC(=O)N3CCNC(=O)[C@H]3CC(=O)Nc3cc(Cl)cc(Cl)c3)CC2)c1. The molecule has 0 unspecified atom stereocenters. The van der Waals surface area contributed by atoms with Crippen molar-refractivity contribution >= 4 is 52.3 Å². The molecule has 2 aromatic rings. The molecule has 0 saturated carbocycles. The number of anilines is 2. The van der Waals surface area contributed by atoms with Crippen molar-refractivity contribution in [1.29, 1.82) is 0 Å². The zero-order chi connectivity index (χ0) is 25.7. The minimum Gasteiger partial charge on any atom is -0.497 e. The Morgan fingerprint density at radius 2 is 1.78 bits per heavy atom. The van der Waals surface area contributed by atoms with E-state index in [0.29, 0.717) is 41.9 Å². The van der Waals surface area contributed by atoms with Crippen LogP contribution >= 0.6 is 23.2 Å². The number of carbonyl (C=O) groups is 3. The Morgan fingerprint density at radius 3 is 2.47 bits per heavy atom. The van der Waals surface area contributed by atoms with Gasteiger partial charge in [0.2, 0.25) is 17.7 Å². The maximum Gasteiger partial charge on any atom is 0.243 e. The van der Waals surface area contributed by atoms with Crippen LogP contribution in [-0.4, -0.2) is 86.5 Å². The second kappa shape index (κ2) is 11.8. The van der Waals surface area contributed by atoms with Crippen molar-refractivity contribution in [1.82, 2.24) is 15.1 Å². The molecule has 2 aliphatic rings. The van der Waals surface area contributed by atoms with E-state index in [9.17, 15) is 14.4 Å². The Kier molecular flexibility index (Phi) is 8.56. The summed E-state index contributed by atoms with van der Waals surface area (Å²) in [5.41, 5.74) is 1.51. The molecule has 11 heteroatoms. The molecule has 0 spiro atoms. The average Bonchev–Trinajstić information content (AvgIpc) is 2.85. The summed E-state index contributed by atoms with van der Waals surface area (Å²) in [6.07, 6.45) is -0.161. The smallest absolute Gasteiger partial charge is 0.243 e. The Hall–Kier alpha value is -3.01. The number of piperazine rings is 2. The van der Waals surface area contributed by atoms with E-state index in [1.807, 2.05) is 24.3 Å². The number of rotatable bonds is 7. The zero-order valence-corrected chi connectivity index (χ0v) is 21.5. The zero-order valence-electron chi connectivity index (χ0n) is 20.0. The predicted molar refractivity (Wildman–Crippen MR) is 140 cm³/mol. The fourth-order valence-electron chi connectivity index (χ4n) is 4.48. The summed E-state index contributed by atoms with van der Waals surface area (Å²) >= 11 is 12.0. The predicted octanol–water partition coefficient (Wildman–Crippen LogP) is 2.48. The van der Waals surface area contributed by atoms with Crippen LogP contribution < -0.4 is 20.3 Å². The average molecular weight is 534 g/mol. The lowest BCUT2D eigenvalue weighted by atomic mass is 10.1. The summed E-state index contributed by atoms with van der Waals surface area (Å²) < 4.78 is 5.32. The van der Waals surface area contributed by atoms with Crippen molar-refractivity contribution < 1.29 is 19.1 Å². The molecular formula is C25H29Cl2N5O4. The van der Waals surface area contributed by atoms with Crippen LogP contribution in [0.2, 0.25) is 10.0 Å². The second-order valence-electron chi connectivity index (χ2n) is 8.77. The molecule has 0 bridgehead atoms. The van der Waals surface area contributed by atoms with Crippen LogP contribution in [0.1, 0.15) is 6.42 Å². The first-order chi connectivity index (χ1) is 17.3. The van der Waals surface area contributed by atoms with Gasteiger partial charge in [-0.1, -0.05) is 29.3 Å². The maximum atomic E-state index is 13.2. The van der Waals surface area contributed by atoms with Crippen molar-refractivity contribution in [2.24, 2.45) is 0 Å². The number of ether oxygens (including phenoxy) is 1. The van der Waals surface area contributed by atoms with Gasteiger partial charge in [-0.15, -0.1) is 0 Å². The van der Waals surface area contributed by atoms with Gasteiger partial charge in [0.15, 0.2) is 0 Å². The molecule has 0 aliphatic carbocycles. The Labute approximate surface area is 220 Å². The molecule has 2 aliphatic heterocycles. The van der Waals surface area contributed by atoms with Crippen LogP contribution in [0, 0.1) is 0 Å². The number of hydrogen-bond donors (Lipinski definition) is 2. The van der Waals surface area contributed by atoms with Gasteiger partial charge in [0.1, 0.15) is 11.8 Å². The molecular weight excluding hydrogens is 505 g/mol. The fourth-order valence-corrected chi connectivity index (χ4v) is 5.01. The number of nitrogens with zero attached hydrogens (tertiary/aromatic N) is 3. The van der Waals surface area contributed by atoms with E-state index in [2.05, 4.69) is 20.4 Å². The molecule has 0 aromatic heterocycles. The van der Waals surface area contributed by atoms with Crippen LogP contribution in [0.4, 0.5) is 11.4 Å². The second-order valence-corrected chi connectivity index (χ2v) is 9.64.